The van der Waals surface area contributed by atoms with Gasteiger partial charge in [-0.25, -0.2) is 0 Å². The Balaban J connectivity index is -0.000000224. The standard InChI is InChI=1S/C4H9NOS.C4H12O3SSi.Au/c1-3(6)4(5)2-7;1-5-9(4-8,6-2)7-3;/h4,7H,2,5H2,1H3;8H,4H2,1-3H3;/p-2. The third-order valence-electron chi connectivity index (χ3n) is 1.81. The largest absolute Gasteiger partial charge is 0.791 e. The molecule has 0 rings (SSSR count). The summed E-state index contributed by atoms with van der Waals surface area (Å²) in [5.74, 6) is 0.296. The second kappa shape index (κ2) is 13.6. The molecule has 0 saturated carbocycles. The van der Waals surface area contributed by atoms with E-state index in [9.17, 15) is 4.79 Å². The molecule has 0 saturated heterocycles. The molecule has 0 aromatic carbocycles. The zero-order valence-corrected chi connectivity index (χ0v) is 15.1. The summed E-state index contributed by atoms with van der Waals surface area (Å²) >= 11 is 9.27. The smallest absolute Gasteiger partial charge is 0.475 e. The Bertz CT molecular complexity index is 181. The first-order chi connectivity index (χ1) is 7.42. The van der Waals surface area contributed by atoms with E-state index in [0.717, 1.165) is 0 Å². The van der Waals surface area contributed by atoms with Gasteiger partial charge in [0.05, 0.1) is 0 Å². The third-order valence-corrected chi connectivity index (χ3v) is 5.45. The van der Waals surface area contributed by atoms with Crippen LogP contribution in [0.25, 0.3) is 0 Å². The van der Waals surface area contributed by atoms with Crippen LogP contribution in [-0.4, -0.2) is 53.1 Å². The fourth-order valence-electron chi connectivity index (χ4n) is 0.544. The molecule has 0 spiro atoms. The van der Waals surface area contributed by atoms with Crippen molar-refractivity contribution in [2.45, 2.75) is 13.0 Å². The van der Waals surface area contributed by atoms with E-state index in [1.807, 2.05) is 0 Å². The molecular weight excluding hydrogens is 463 g/mol. The van der Waals surface area contributed by atoms with Gasteiger partial charge in [0.25, 0.3) is 0 Å². The van der Waals surface area contributed by atoms with E-state index in [1.165, 1.54) is 6.92 Å². The van der Waals surface area contributed by atoms with Crippen molar-refractivity contribution in [3.05, 3.63) is 0 Å². The van der Waals surface area contributed by atoms with Gasteiger partial charge >= 0.3 is 8.80 Å². The molecule has 0 aliphatic rings. The van der Waals surface area contributed by atoms with Crippen LogP contribution in [0.5, 0.6) is 0 Å². The Morgan fingerprint density at radius 3 is 1.59 bits per heavy atom. The molecule has 2 N–H and O–H groups in total. The maximum atomic E-state index is 10.2. The molecule has 0 aromatic rings. The van der Waals surface area contributed by atoms with Crippen LogP contribution in [0.2, 0.25) is 0 Å². The predicted molar refractivity (Wildman–Crippen MR) is 69.9 cm³/mol. The van der Waals surface area contributed by atoms with Crippen molar-refractivity contribution in [2.75, 3.05) is 32.5 Å². The van der Waals surface area contributed by atoms with Crippen molar-refractivity contribution in [1.29, 1.82) is 0 Å². The van der Waals surface area contributed by atoms with E-state index < -0.39 is 14.8 Å². The fourth-order valence-corrected chi connectivity index (χ4v) is 2.69. The number of Topliss-reactive ketones (excluding diaryl/α,β-unsaturated/α-hetero) is 1. The van der Waals surface area contributed by atoms with Crippen molar-refractivity contribution in [3.8, 4) is 0 Å². The van der Waals surface area contributed by atoms with E-state index in [-0.39, 0.29) is 28.2 Å². The van der Waals surface area contributed by atoms with Crippen molar-refractivity contribution in [1.82, 2.24) is 0 Å². The van der Waals surface area contributed by atoms with Gasteiger partial charge < -0.3 is 44.3 Å². The Morgan fingerprint density at radius 2 is 1.59 bits per heavy atom. The Hall–Kier alpha value is 1.17. The number of ketones is 1. The van der Waals surface area contributed by atoms with Gasteiger partial charge in [-0.3, -0.25) is 4.79 Å². The molecule has 0 aliphatic heterocycles. The summed E-state index contributed by atoms with van der Waals surface area (Å²) in [7, 11) is 2.26. The predicted octanol–water partition coefficient (Wildman–Crippen LogP) is -0.602. The van der Waals surface area contributed by atoms with Gasteiger partial charge in [0.15, 0.2) is 0 Å². The Morgan fingerprint density at radius 1 is 1.24 bits per heavy atom. The molecule has 9 heteroatoms. The van der Waals surface area contributed by atoms with Crippen LogP contribution in [0, 0.1) is 0 Å². The molecule has 17 heavy (non-hydrogen) atoms. The molecule has 0 bridgehead atoms. The minimum atomic E-state index is -2.38. The van der Waals surface area contributed by atoms with Crippen LogP contribution in [0.15, 0.2) is 0 Å². The van der Waals surface area contributed by atoms with Gasteiger partial charge in [-0.05, 0) is 6.92 Å². The molecule has 109 valence electrons. The van der Waals surface area contributed by atoms with Crippen LogP contribution < -0.4 is 5.73 Å². The number of hydrogen-bond acceptors (Lipinski definition) is 7. The zero-order chi connectivity index (χ0) is 13.2. The number of carbonyl (C=O) groups excluding carboxylic acids is 1. The maximum absolute atomic E-state index is 10.2. The van der Waals surface area contributed by atoms with Crippen LogP contribution in [-0.2, 0) is 65.7 Å². The van der Waals surface area contributed by atoms with E-state index in [1.54, 1.807) is 21.3 Å². The molecule has 0 aromatic heterocycles. The average Bonchev–Trinajstić information content (AvgIpc) is 2.32. The van der Waals surface area contributed by atoms with E-state index in [4.69, 9.17) is 31.6 Å². The molecule has 0 heterocycles. The monoisotopic (exact) mass is 482 g/mol. The summed E-state index contributed by atoms with van der Waals surface area (Å²) in [6.45, 7) is 1.44. The molecule has 0 fully saturated rings. The minimum absolute atomic E-state index is 0. The van der Waals surface area contributed by atoms with Crippen LogP contribution in [0.1, 0.15) is 6.92 Å². The fraction of sp³-hybridized carbons (Fsp3) is 0.875. The van der Waals surface area contributed by atoms with Crippen molar-refractivity contribution in [2.24, 2.45) is 5.73 Å². The van der Waals surface area contributed by atoms with Gasteiger partial charge in [-0.15, -0.1) is 5.38 Å². The SMILES string of the molecule is CC(=O)C(N)C[S-].CO[Si](C[S-])(OC)OC.[Au]. The van der Waals surface area contributed by atoms with Crippen LogP contribution in [0.3, 0.4) is 0 Å². The molecule has 5 nitrogen and oxygen atoms in total. The molecule has 1 unspecified atom stereocenters. The second-order valence-corrected chi connectivity index (χ2v) is 6.90. The Kier molecular flexibility index (Phi) is 18.6. The normalized spacial score (nSPS) is 11.9. The Labute approximate surface area is 131 Å². The number of nitrogens with two attached hydrogens (primary N) is 1. The summed E-state index contributed by atoms with van der Waals surface area (Å²) < 4.78 is 14.9. The van der Waals surface area contributed by atoms with E-state index >= 15 is 0 Å². The van der Waals surface area contributed by atoms with Gasteiger partial charge in [-0.1, -0.05) is 0 Å². The molecule has 1 radical (unpaired) electrons. The summed E-state index contributed by atoms with van der Waals surface area (Å²) in [6.07, 6.45) is 0. The molecular formula is C8H19AuNO4S2Si-2. The van der Waals surface area contributed by atoms with Crippen LogP contribution in [0.4, 0.5) is 0 Å². The van der Waals surface area contributed by atoms with Gasteiger partial charge in [0.1, 0.15) is 5.78 Å². The third kappa shape index (κ3) is 10.7. The minimum Gasteiger partial charge on any atom is -0.791 e. The zero-order valence-electron chi connectivity index (χ0n) is 10.3. The van der Waals surface area contributed by atoms with Crippen LogP contribution >= 0.6 is 0 Å². The first-order valence-electron chi connectivity index (χ1n) is 4.50. The van der Waals surface area contributed by atoms with Gasteiger partial charge in [-0.2, -0.15) is 5.75 Å². The number of hydrogen-bond donors (Lipinski definition) is 1. The average molecular weight is 482 g/mol. The maximum Gasteiger partial charge on any atom is 0.475 e. The molecule has 0 aliphatic carbocycles. The topological polar surface area (TPSA) is 70.8 Å². The summed E-state index contributed by atoms with van der Waals surface area (Å²) in [5.41, 5.74) is 5.16. The summed E-state index contributed by atoms with van der Waals surface area (Å²) in [5, 5.41) is 0.399. The van der Waals surface area contributed by atoms with Gasteiger partial charge in [0.2, 0.25) is 0 Å². The van der Waals surface area contributed by atoms with Crippen molar-refractivity contribution in [3.63, 3.8) is 0 Å². The number of rotatable bonds is 6. The summed E-state index contributed by atoms with van der Waals surface area (Å²) in [6, 6.07) is -0.421. The number of carbonyl (C=O) groups is 1. The molecule has 1 atom stereocenters. The first kappa shape index (κ1) is 23.3. The van der Waals surface area contributed by atoms with Crippen molar-refractivity contribution < 1.29 is 40.5 Å². The van der Waals surface area contributed by atoms with Gasteiger partial charge in [0, 0.05) is 49.8 Å². The first-order valence-corrected chi connectivity index (χ1v) is 7.59. The van der Waals surface area contributed by atoms with E-state index in [2.05, 4.69) is 12.6 Å². The van der Waals surface area contributed by atoms with E-state index in [0.29, 0.717) is 11.1 Å². The summed E-state index contributed by atoms with van der Waals surface area (Å²) in [4.78, 5) is 10.2. The second-order valence-electron chi connectivity index (χ2n) is 2.82. The molecule has 0 amide bonds. The quantitative estimate of drug-likeness (QED) is 0.401. The van der Waals surface area contributed by atoms with Crippen molar-refractivity contribution >= 4 is 39.8 Å².